The number of ether oxygens (including phenoxy) is 1. The van der Waals surface area contributed by atoms with E-state index in [4.69, 9.17) is 0 Å². The maximum Gasteiger partial charge on any atom is 0.354 e. The van der Waals surface area contributed by atoms with E-state index >= 15 is 0 Å². The summed E-state index contributed by atoms with van der Waals surface area (Å²) in [6.07, 6.45) is 2.18. The number of para-hydroxylation sites is 1. The molecule has 106 valence electrons. The van der Waals surface area contributed by atoms with Gasteiger partial charge in [-0.2, -0.15) is 0 Å². The molecular formula is C16H20N2O2. The Kier molecular flexibility index (Phi) is 4.82. The molecule has 0 atom stereocenters. The third-order valence-electron chi connectivity index (χ3n) is 3.16. The predicted octanol–water partition coefficient (Wildman–Crippen LogP) is 3.37. The van der Waals surface area contributed by atoms with Gasteiger partial charge in [0.2, 0.25) is 0 Å². The maximum absolute atomic E-state index is 11.4. The Morgan fingerprint density at radius 2 is 2.05 bits per heavy atom. The highest BCUT2D eigenvalue weighted by Crippen LogP contribution is 2.17. The van der Waals surface area contributed by atoms with Gasteiger partial charge in [0.1, 0.15) is 5.69 Å². The van der Waals surface area contributed by atoms with Crippen molar-refractivity contribution >= 4 is 11.7 Å². The van der Waals surface area contributed by atoms with Gasteiger partial charge in [0.25, 0.3) is 0 Å². The van der Waals surface area contributed by atoms with Crippen molar-refractivity contribution in [3.63, 3.8) is 0 Å². The molecule has 4 nitrogen and oxygen atoms in total. The van der Waals surface area contributed by atoms with Gasteiger partial charge in [-0.3, -0.25) is 0 Å². The van der Waals surface area contributed by atoms with Crippen molar-refractivity contribution < 1.29 is 9.53 Å². The smallest absolute Gasteiger partial charge is 0.354 e. The molecule has 1 aromatic carbocycles. The van der Waals surface area contributed by atoms with E-state index in [1.807, 2.05) is 12.1 Å². The van der Waals surface area contributed by atoms with Crippen molar-refractivity contribution in [3.8, 4) is 0 Å². The van der Waals surface area contributed by atoms with Gasteiger partial charge < -0.3 is 15.0 Å². The Hall–Kier alpha value is -2.23. The molecule has 0 spiro atoms. The minimum absolute atomic E-state index is 0.345. The minimum Gasteiger partial charge on any atom is -0.464 e. The summed E-state index contributed by atoms with van der Waals surface area (Å²) in [5.41, 5.74) is 3.89. The van der Waals surface area contributed by atoms with Crippen molar-refractivity contribution in [2.24, 2.45) is 0 Å². The van der Waals surface area contributed by atoms with Crippen LogP contribution in [0.25, 0.3) is 0 Å². The van der Waals surface area contributed by atoms with E-state index in [2.05, 4.69) is 40.2 Å². The molecule has 4 heteroatoms. The van der Waals surface area contributed by atoms with E-state index in [9.17, 15) is 4.79 Å². The SMILES string of the molecule is CCCc1ccccc1NCc1ccc(C(=O)OC)[nH]1. The fourth-order valence-electron chi connectivity index (χ4n) is 2.14. The highest BCUT2D eigenvalue weighted by Gasteiger charge is 2.08. The molecule has 0 saturated heterocycles. The number of esters is 1. The van der Waals surface area contributed by atoms with E-state index in [1.54, 1.807) is 6.07 Å². The largest absolute Gasteiger partial charge is 0.464 e. The second kappa shape index (κ2) is 6.80. The van der Waals surface area contributed by atoms with Gasteiger partial charge in [0.05, 0.1) is 13.7 Å². The lowest BCUT2D eigenvalue weighted by Gasteiger charge is -2.10. The highest BCUT2D eigenvalue weighted by molar-refractivity contribution is 5.87. The molecule has 2 aromatic rings. The van der Waals surface area contributed by atoms with Gasteiger partial charge in [-0.05, 0) is 30.2 Å². The van der Waals surface area contributed by atoms with E-state index in [0.717, 1.165) is 24.2 Å². The highest BCUT2D eigenvalue weighted by atomic mass is 16.5. The Bertz CT molecular complexity index is 575. The van der Waals surface area contributed by atoms with Crippen LogP contribution in [0.3, 0.4) is 0 Å². The van der Waals surface area contributed by atoms with Crippen molar-refractivity contribution in [1.82, 2.24) is 4.98 Å². The Labute approximate surface area is 119 Å². The van der Waals surface area contributed by atoms with Crippen molar-refractivity contribution in [2.75, 3.05) is 12.4 Å². The average Bonchev–Trinajstić information content (AvgIpc) is 2.95. The minimum atomic E-state index is -0.345. The zero-order valence-electron chi connectivity index (χ0n) is 11.9. The first kappa shape index (κ1) is 14.2. The summed E-state index contributed by atoms with van der Waals surface area (Å²) in [5, 5.41) is 3.40. The van der Waals surface area contributed by atoms with Crippen molar-refractivity contribution in [1.29, 1.82) is 0 Å². The number of hydrogen-bond acceptors (Lipinski definition) is 3. The molecule has 0 radical (unpaired) electrons. The van der Waals surface area contributed by atoms with Gasteiger partial charge >= 0.3 is 5.97 Å². The summed E-state index contributed by atoms with van der Waals surface area (Å²) in [7, 11) is 1.38. The number of carbonyl (C=O) groups excluding carboxylic acids is 1. The zero-order chi connectivity index (χ0) is 14.4. The van der Waals surface area contributed by atoms with Gasteiger partial charge in [0.15, 0.2) is 0 Å². The number of aromatic nitrogens is 1. The van der Waals surface area contributed by atoms with E-state index < -0.39 is 0 Å². The fraction of sp³-hybridized carbons (Fsp3) is 0.312. The van der Waals surface area contributed by atoms with Gasteiger partial charge in [-0.15, -0.1) is 0 Å². The molecule has 0 fully saturated rings. The molecule has 0 aliphatic carbocycles. The molecule has 2 N–H and O–H groups in total. The topological polar surface area (TPSA) is 54.1 Å². The number of methoxy groups -OCH3 is 1. The van der Waals surface area contributed by atoms with Gasteiger partial charge in [-0.1, -0.05) is 31.5 Å². The average molecular weight is 272 g/mol. The van der Waals surface area contributed by atoms with Gasteiger partial charge in [0, 0.05) is 11.4 Å². The van der Waals surface area contributed by atoms with Crippen LogP contribution in [0.5, 0.6) is 0 Å². The maximum atomic E-state index is 11.4. The molecule has 0 amide bonds. The second-order valence-corrected chi connectivity index (χ2v) is 4.65. The molecule has 1 aromatic heterocycles. The van der Waals surface area contributed by atoms with Gasteiger partial charge in [-0.25, -0.2) is 4.79 Å². The number of aryl methyl sites for hydroxylation is 1. The lowest BCUT2D eigenvalue weighted by molar-refractivity contribution is 0.0594. The lowest BCUT2D eigenvalue weighted by Crippen LogP contribution is -2.05. The quantitative estimate of drug-likeness (QED) is 0.793. The number of hydrogen-bond donors (Lipinski definition) is 2. The number of aromatic amines is 1. The fourth-order valence-corrected chi connectivity index (χ4v) is 2.14. The van der Waals surface area contributed by atoms with E-state index in [1.165, 1.54) is 12.7 Å². The summed E-state index contributed by atoms with van der Waals surface area (Å²) in [4.78, 5) is 14.4. The summed E-state index contributed by atoms with van der Waals surface area (Å²) >= 11 is 0. The lowest BCUT2D eigenvalue weighted by atomic mass is 10.1. The number of rotatable bonds is 6. The standard InChI is InChI=1S/C16H20N2O2/c1-3-6-12-7-4-5-8-14(12)17-11-13-9-10-15(18-13)16(19)20-2/h4-5,7-10,17-18H,3,6,11H2,1-2H3. The van der Waals surface area contributed by atoms with Crippen LogP contribution in [0.15, 0.2) is 36.4 Å². The number of nitrogens with one attached hydrogen (secondary N) is 2. The van der Waals surface area contributed by atoms with Crippen LogP contribution in [-0.2, 0) is 17.7 Å². The first-order valence-electron chi connectivity index (χ1n) is 6.82. The van der Waals surface area contributed by atoms with Crippen LogP contribution in [0.2, 0.25) is 0 Å². The normalized spacial score (nSPS) is 10.3. The molecule has 20 heavy (non-hydrogen) atoms. The summed E-state index contributed by atoms with van der Waals surface area (Å²) < 4.78 is 4.67. The molecule has 0 saturated carbocycles. The van der Waals surface area contributed by atoms with Crippen LogP contribution < -0.4 is 5.32 Å². The first-order chi connectivity index (χ1) is 9.74. The zero-order valence-corrected chi connectivity index (χ0v) is 11.9. The molecule has 2 rings (SSSR count). The molecule has 0 aliphatic heterocycles. The summed E-state index contributed by atoms with van der Waals surface area (Å²) in [6.45, 7) is 2.82. The number of benzene rings is 1. The summed E-state index contributed by atoms with van der Waals surface area (Å²) in [6, 6.07) is 11.9. The first-order valence-corrected chi connectivity index (χ1v) is 6.82. The van der Waals surface area contributed by atoms with Crippen LogP contribution in [-0.4, -0.2) is 18.1 Å². The molecule has 0 unspecified atom stereocenters. The Morgan fingerprint density at radius 3 is 2.80 bits per heavy atom. The van der Waals surface area contributed by atoms with Crippen molar-refractivity contribution in [2.45, 2.75) is 26.3 Å². The number of anilines is 1. The second-order valence-electron chi connectivity index (χ2n) is 4.65. The van der Waals surface area contributed by atoms with Crippen LogP contribution in [0.1, 0.15) is 35.1 Å². The van der Waals surface area contributed by atoms with Crippen LogP contribution in [0, 0.1) is 0 Å². The monoisotopic (exact) mass is 272 g/mol. The number of carbonyl (C=O) groups is 1. The third-order valence-corrected chi connectivity index (χ3v) is 3.16. The summed E-state index contributed by atoms with van der Waals surface area (Å²) in [5.74, 6) is -0.345. The number of H-pyrrole nitrogens is 1. The van der Waals surface area contributed by atoms with Crippen LogP contribution in [0.4, 0.5) is 5.69 Å². The van der Waals surface area contributed by atoms with Crippen LogP contribution >= 0.6 is 0 Å². The molecule has 1 heterocycles. The van der Waals surface area contributed by atoms with Crippen molar-refractivity contribution in [3.05, 3.63) is 53.3 Å². The van der Waals surface area contributed by atoms with E-state index in [-0.39, 0.29) is 5.97 Å². The molecule has 0 bridgehead atoms. The molecule has 0 aliphatic rings. The third kappa shape index (κ3) is 3.41. The Balaban J connectivity index is 2.02. The Morgan fingerprint density at radius 1 is 1.25 bits per heavy atom. The van der Waals surface area contributed by atoms with E-state index in [0.29, 0.717) is 12.2 Å². The predicted molar refractivity (Wildman–Crippen MR) is 79.9 cm³/mol. The molecular weight excluding hydrogens is 252 g/mol.